The van der Waals surface area contributed by atoms with Crippen molar-refractivity contribution < 1.29 is 9.90 Å². The molecule has 1 N–H and O–H groups in total. The second-order valence-corrected chi connectivity index (χ2v) is 4.14. The van der Waals surface area contributed by atoms with Crippen LogP contribution >= 0.6 is 0 Å². The Labute approximate surface area is 80.3 Å². The fourth-order valence-electron chi connectivity index (χ4n) is 1.62. The van der Waals surface area contributed by atoms with Gasteiger partial charge in [0, 0.05) is 6.42 Å². The Morgan fingerprint density at radius 1 is 1.38 bits per heavy atom. The minimum Gasteiger partial charge on any atom is -0.382 e. The molecule has 0 heterocycles. The summed E-state index contributed by atoms with van der Waals surface area (Å²) in [6, 6.07) is 0. The maximum Gasteiger partial charge on any atom is 0.164 e. The number of carbonyl (C=O) groups excluding carboxylic acids is 1. The van der Waals surface area contributed by atoms with Gasteiger partial charge in [0.15, 0.2) is 5.78 Å². The molecule has 0 aromatic heterocycles. The van der Waals surface area contributed by atoms with E-state index in [1.807, 2.05) is 13.8 Å². The van der Waals surface area contributed by atoms with Crippen LogP contribution in [0.25, 0.3) is 0 Å². The number of rotatable bonds is 6. The average molecular weight is 184 g/mol. The van der Waals surface area contributed by atoms with Crippen LogP contribution in [0.4, 0.5) is 0 Å². The average Bonchev–Trinajstić information content (AvgIpc) is 2.96. The molecule has 0 aromatic rings. The first-order chi connectivity index (χ1) is 6.12. The molecule has 0 aliphatic heterocycles. The van der Waals surface area contributed by atoms with Crippen molar-refractivity contribution in [2.75, 3.05) is 0 Å². The predicted octanol–water partition coefficient (Wildman–Crippen LogP) is 2.30. The number of carbonyl (C=O) groups is 1. The molecule has 0 amide bonds. The zero-order valence-electron chi connectivity index (χ0n) is 8.68. The summed E-state index contributed by atoms with van der Waals surface area (Å²) in [6.07, 6.45) is 5.22. The Morgan fingerprint density at radius 2 is 1.92 bits per heavy atom. The van der Waals surface area contributed by atoms with Crippen LogP contribution in [-0.4, -0.2) is 16.5 Å². The summed E-state index contributed by atoms with van der Waals surface area (Å²) in [5, 5.41) is 9.88. The van der Waals surface area contributed by atoms with Gasteiger partial charge >= 0.3 is 0 Å². The van der Waals surface area contributed by atoms with E-state index in [1.165, 1.54) is 12.8 Å². The fraction of sp³-hybridized carbons (Fsp3) is 0.909. The zero-order valence-corrected chi connectivity index (χ0v) is 8.68. The summed E-state index contributed by atoms with van der Waals surface area (Å²) >= 11 is 0. The molecule has 1 fully saturated rings. The van der Waals surface area contributed by atoms with E-state index in [-0.39, 0.29) is 5.78 Å². The van der Waals surface area contributed by atoms with Crippen LogP contribution in [0.5, 0.6) is 0 Å². The highest BCUT2D eigenvalue weighted by molar-refractivity contribution is 5.86. The van der Waals surface area contributed by atoms with E-state index in [0.717, 1.165) is 12.3 Å². The molecule has 0 saturated heterocycles. The molecule has 76 valence electrons. The van der Waals surface area contributed by atoms with E-state index in [1.54, 1.807) is 0 Å². The normalized spacial score (nSPS) is 17.5. The van der Waals surface area contributed by atoms with Crippen LogP contribution in [0.15, 0.2) is 0 Å². The third kappa shape index (κ3) is 2.80. The number of ketones is 1. The summed E-state index contributed by atoms with van der Waals surface area (Å²) in [4.78, 5) is 11.6. The molecular formula is C11H20O2. The molecule has 1 aliphatic carbocycles. The molecule has 0 spiro atoms. The summed E-state index contributed by atoms with van der Waals surface area (Å²) < 4.78 is 0. The van der Waals surface area contributed by atoms with Crippen molar-refractivity contribution >= 4 is 5.78 Å². The Kier molecular flexibility index (Phi) is 3.48. The van der Waals surface area contributed by atoms with Gasteiger partial charge in [0.2, 0.25) is 0 Å². The van der Waals surface area contributed by atoms with E-state index >= 15 is 0 Å². The van der Waals surface area contributed by atoms with Crippen molar-refractivity contribution in [2.24, 2.45) is 5.92 Å². The van der Waals surface area contributed by atoms with E-state index in [4.69, 9.17) is 0 Å². The standard InChI is InChI=1S/C11H20O2/c1-3-11(13,4-2)10(12)8-7-9-5-6-9/h9,13H,3-8H2,1-2H3. The largest absolute Gasteiger partial charge is 0.382 e. The maximum absolute atomic E-state index is 11.6. The number of Topliss-reactive ketones (excluding diaryl/α,β-unsaturated/α-hetero) is 1. The number of hydrogen-bond acceptors (Lipinski definition) is 2. The van der Waals surface area contributed by atoms with Gasteiger partial charge in [-0.15, -0.1) is 0 Å². The van der Waals surface area contributed by atoms with Gasteiger partial charge in [-0.05, 0) is 25.2 Å². The summed E-state index contributed by atoms with van der Waals surface area (Å²) in [7, 11) is 0. The van der Waals surface area contributed by atoms with Crippen molar-refractivity contribution in [1.29, 1.82) is 0 Å². The zero-order chi connectivity index (χ0) is 9.90. The molecule has 0 atom stereocenters. The van der Waals surface area contributed by atoms with Crippen molar-refractivity contribution in [1.82, 2.24) is 0 Å². The Balaban J connectivity index is 2.33. The summed E-state index contributed by atoms with van der Waals surface area (Å²) in [6.45, 7) is 3.75. The van der Waals surface area contributed by atoms with Crippen LogP contribution < -0.4 is 0 Å². The molecule has 1 aliphatic rings. The Bertz CT molecular complexity index is 179. The maximum atomic E-state index is 11.6. The van der Waals surface area contributed by atoms with Crippen LogP contribution in [-0.2, 0) is 4.79 Å². The van der Waals surface area contributed by atoms with E-state index in [9.17, 15) is 9.90 Å². The molecule has 1 rings (SSSR count). The van der Waals surface area contributed by atoms with Gasteiger partial charge in [-0.25, -0.2) is 0 Å². The minimum absolute atomic E-state index is 0.0457. The third-order valence-electron chi connectivity index (χ3n) is 3.17. The van der Waals surface area contributed by atoms with Gasteiger partial charge in [0.1, 0.15) is 5.60 Å². The second kappa shape index (κ2) is 4.23. The lowest BCUT2D eigenvalue weighted by Crippen LogP contribution is -2.37. The minimum atomic E-state index is -1.03. The van der Waals surface area contributed by atoms with E-state index < -0.39 is 5.60 Å². The highest BCUT2D eigenvalue weighted by atomic mass is 16.3. The van der Waals surface area contributed by atoms with Gasteiger partial charge in [-0.2, -0.15) is 0 Å². The first kappa shape index (κ1) is 10.7. The van der Waals surface area contributed by atoms with Gasteiger partial charge < -0.3 is 5.11 Å². The number of aliphatic hydroxyl groups is 1. The van der Waals surface area contributed by atoms with Gasteiger partial charge in [-0.1, -0.05) is 26.7 Å². The van der Waals surface area contributed by atoms with Crippen molar-refractivity contribution in [3.63, 3.8) is 0 Å². The molecule has 2 nitrogen and oxygen atoms in total. The van der Waals surface area contributed by atoms with Gasteiger partial charge in [-0.3, -0.25) is 4.79 Å². The van der Waals surface area contributed by atoms with Crippen LogP contribution in [0, 0.1) is 5.92 Å². The monoisotopic (exact) mass is 184 g/mol. The molecule has 1 saturated carbocycles. The highest BCUT2D eigenvalue weighted by Gasteiger charge is 2.32. The van der Waals surface area contributed by atoms with E-state index in [0.29, 0.717) is 19.3 Å². The second-order valence-electron chi connectivity index (χ2n) is 4.14. The number of hydrogen-bond donors (Lipinski definition) is 1. The third-order valence-corrected chi connectivity index (χ3v) is 3.17. The smallest absolute Gasteiger partial charge is 0.164 e. The van der Waals surface area contributed by atoms with Gasteiger partial charge in [0.05, 0.1) is 0 Å². The highest BCUT2D eigenvalue weighted by Crippen LogP contribution is 2.34. The lowest BCUT2D eigenvalue weighted by Gasteiger charge is -2.23. The molecule has 0 bridgehead atoms. The molecular weight excluding hydrogens is 164 g/mol. The topological polar surface area (TPSA) is 37.3 Å². The van der Waals surface area contributed by atoms with Crippen LogP contribution in [0.3, 0.4) is 0 Å². The SMILES string of the molecule is CCC(O)(CC)C(=O)CCC1CC1. The molecule has 0 radical (unpaired) electrons. The fourth-order valence-corrected chi connectivity index (χ4v) is 1.62. The Hall–Kier alpha value is -0.370. The van der Waals surface area contributed by atoms with Crippen molar-refractivity contribution in [3.8, 4) is 0 Å². The van der Waals surface area contributed by atoms with Gasteiger partial charge in [0.25, 0.3) is 0 Å². The van der Waals surface area contributed by atoms with Crippen molar-refractivity contribution in [3.05, 3.63) is 0 Å². The first-order valence-corrected chi connectivity index (χ1v) is 5.38. The summed E-state index contributed by atoms with van der Waals surface area (Å²) in [5.74, 6) is 0.825. The molecule has 13 heavy (non-hydrogen) atoms. The molecule has 2 heteroatoms. The van der Waals surface area contributed by atoms with Crippen LogP contribution in [0.2, 0.25) is 0 Å². The van der Waals surface area contributed by atoms with E-state index in [2.05, 4.69) is 0 Å². The Morgan fingerprint density at radius 3 is 2.31 bits per heavy atom. The molecule has 0 aromatic carbocycles. The quantitative estimate of drug-likeness (QED) is 0.687. The summed E-state index contributed by atoms with van der Waals surface area (Å²) in [5.41, 5.74) is -1.03. The van der Waals surface area contributed by atoms with Crippen molar-refractivity contribution in [2.45, 2.75) is 58.0 Å². The van der Waals surface area contributed by atoms with Crippen LogP contribution in [0.1, 0.15) is 52.4 Å². The lowest BCUT2D eigenvalue weighted by molar-refractivity contribution is -0.138. The first-order valence-electron chi connectivity index (χ1n) is 5.38. The predicted molar refractivity (Wildman–Crippen MR) is 52.5 cm³/mol. The molecule has 0 unspecified atom stereocenters. The lowest BCUT2D eigenvalue weighted by atomic mass is 9.89.